The molecule has 0 aromatic heterocycles. The van der Waals surface area contributed by atoms with Gasteiger partial charge in [-0.15, -0.1) is 0 Å². The Morgan fingerprint density at radius 2 is 1.81 bits per heavy atom. The van der Waals surface area contributed by atoms with Crippen molar-refractivity contribution >= 4 is 11.9 Å². The molecule has 0 bridgehead atoms. The van der Waals surface area contributed by atoms with E-state index in [0.717, 1.165) is 0 Å². The normalized spacial score (nSPS) is 10.7. The Hall–Kier alpha value is -2.24. The van der Waals surface area contributed by atoms with Crippen LogP contribution in [0, 0.1) is 0 Å². The lowest BCUT2D eigenvalue weighted by atomic mass is 10.1. The number of rotatable bonds is 5. The monoisotopic (exact) mass is 295 g/mol. The third kappa shape index (κ3) is 5.33. The highest BCUT2D eigenvalue weighted by Crippen LogP contribution is 2.24. The van der Waals surface area contributed by atoms with Gasteiger partial charge in [0.15, 0.2) is 6.61 Å². The minimum absolute atomic E-state index is 0.209. The van der Waals surface area contributed by atoms with Crippen molar-refractivity contribution in [3.05, 3.63) is 23.8 Å². The first kappa shape index (κ1) is 16.8. The predicted octanol–water partition coefficient (Wildman–Crippen LogP) is 1.78. The lowest BCUT2D eigenvalue weighted by molar-refractivity contribution is -0.125. The van der Waals surface area contributed by atoms with Crippen LogP contribution in [0.4, 0.5) is 0 Å². The zero-order chi connectivity index (χ0) is 16.0. The van der Waals surface area contributed by atoms with E-state index in [9.17, 15) is 9.59 Å². The summed E-state index contributed by atoms with van der Waals surface area (Å²) in [4.78, 5) is 23.7. The highest BCUT2D eigenvalue weighted by molar-refractivity contribution is 5.94. The molecular formula is C15H21NO5. The average molecular weight is 295 g/mol. The summed E-state index contributed by atoms with van der Waals surface area (Å²) in [6.45, 7) is 5.18. The molecule has 0 heterocycles. The second-order valence-electron chi connectivity index (χ2n) is 5.44. The number of esters is 1. The minimum atomic E-state index is -0.644. The molecule has 0 spiro atoms. The number of nitrogens with one attached hydrogen (secondary N) is 1. The second-order valence-corrected chi connectivity index (χ2v) is 5.44. The summed E-state index contributed by atoms with van der Waals surface area (Å²) in [5.74, 6) is -0.147. The summed E-state index contributed by atoms with van der Waals surface area (Å²) in [7, 11) is 2.94. The molecule has 6 heteroatoms. The molecule has 0 fully saturated rings. The van der Waals surface area contributed by atoms with Gasteiger partial charge in [-0.1, -0.05) is 0 Å². The van der Waals surface area contributed by atoms with E-state index in [2.05, 4.69) is 5.32 Å². The summed E-state index contributed by atoms with van der Waals surface area (Å²) >= 11 is 0. The van der Waals surface area contributed by atoms with Crippen LogP contribution < -0.4 is 14.8 Å². The van der Waals surface area contributed by atoms with Crippen molar-refractivity contribution in [2.24, 2.45) is 0 Å². The molecule has 0 aliphatic carbocycles. The summed E-state index contributed by atoms with van der Waals surface area (Å²) in [6, 6.07) is 4.77. The van der Waals surface area contributed by atoms with Gasteiger partial charge in [-0.2, -0.15) is 0 Å². The number of carbonyl (C=O) groups is 2. The number of ether oxygens (including phenoxy) is 3. The largest absolute Gasteiger partial charge is 0.497 e. The van der Waals surface area contributed by atoms with E-state index in [4.69, 9.17) is 14.2 Å². The topological polar surface area (TPSA) is 73.9 Å². The van der Waals surface area contributed by atoms with Gasteiger partial charge in [0.1, 0.15) is 17.1 Å². The highest BCUT2D eigenvalue weighted by atomic mass is 16.5. The number of amides is 1. The van der Waals surface area contributed by atoms with Crippen LogP contribution >= 0.6 is 0 Å². The summed E-state index contributed by atoms with van der Waals surface area (Å²) in [5, 5.41) is 2.71. The van der Waals surface area contributed by atoms with Crippen molar-refractivity contribution < 1.29 is 23.8 Å². The fraction of sp³-hybridized carbons (Fsp3) is 0.467. The van der Waals surface area contributed by atoms with Crippen LogP contribution in [0.3, 0.4) is 0 Å². The van der Waals surface area contributed by atoms with Gasteiger partial charge in [0.25, 0.3) is 5.91 Å². The van der Waals surface area contributed by atoms with Gasteiger partial charge in [0.2, 0.25) is 0 Å². The molecule has 0 atom stereocenters. The van der Waals surface area contributed by atoms with Gasteiger partial charge in [-0.3, -0.25) is 4.79 Å². The lowest BCUT2D eigenvalue weighted by Crippen LogP contribution is -2.42. The number of hydrogen-bond donors (Lipinski definition) is 1. The van der Waals surface area contributed by atoms with E-state index < -0.39 is 5.97 Å². The van der Waals surface area contributed by atoms with Crippen molar-refractivity contribution in [2.75, 3.05) is 20.8 Å². The second kappa shape index (κ2) is 6.97. The Labute approximate surface area is 124 Å². The fourth-order valence-corrected chi connectivity index (χ4v) is 1.64. The van der Waals surface area contributed by atoms with E-state index in [1.165, 1.54) is 20.3 Å². The van der Waals surface area contributed by atoms with Crippen molar-refractivity contribution in [1.29, 1.82) is 0 Å². The Morgan fingerprint density at radius 3 is 2.33 bits per heavy atom. The van der Waals surface area contributed by atoms with E-state index in [0.29, 0.717) is 11.5 Å². The first-order valence-corrected chi connectivity index (χ1v) is 6.47. The van der Waals surface area contributed by atoms with Crippen LogP contribution in [0.15, 0.2) is 18.2 Å². The lowest BCUT2D eigenvalue weighted by Gasteiger charge is -2.20. The molecule has 1 aromatic rings. The van der Waals surface area contributed by atoms with Crippen molar-refractivity contribution in [3.8, 4) is 11.5 Å². The van der Waals surface area contributed by atoms with Gasteiger partial charge >= 0.3 is 5.97 Å². The van der Waals surface area contributed by atoms with Crippen LogP contribution in [0.25, 0.3) is 0 Å². The first-order chi connectivity index (χ1) is 9.76. The molecule has 0 radical (unpaired) electrons. The Kier molecular flexibility index (Phi) is 5.58. The van der Waals surface area contributed by atoms with Gasteiger partial charge < -0.3 is 19.5 Å². The van der Waals surface area contributed by atoms with Crippen LogP contribution in [-0.4, -0.2) is 38.2 Å². The molecular weight excluding hydrogens is 274 g/mol. The Morgan fingerprint density at radius 1 is 1.14 bits per heavy atom. The van der Waals surface area contributed by atoms with Crippen molar-refractivity contribution in [3.63, 3.8) is 0 Å². The third-order valence-electron chi connectivity index (χ3n) is 2.48. The zero-order valence-electron chi connectivity index (χ0n) is 13.0. The van der Waals surface area contributed by atoms with E-state index in [1.807, 2.05) is 20.8 Å². The molecule has 21 heavy (non-hydrogen) atoms. The molecule has 1 amide bonds. The van der Waals surface area contributed by atoms with Crippen molar-refractivity contribution in [2.45, 2.75) is 26.3 Å². The van der Waals surface area contributed by atoms with Crippen LogP contribution in [0.1, 0.15) is 31.1 Å². The number of methoxy groups -OCH3 is 2. The molecule has 1 rings (SSSR count). The SMILES string of the molecule is COc1ccc(OC)c(C(=O)OCC(=O)NC(C)(C)C)c1. The predicted molar refractivity (Wildman–Crippen MR) is 77.7 cm³/mol. The molecule has 0 saturated heterocycles. The van der Waals surface area contributed by atoms with Crippen molar-refractivity contribution in [1.82, 2.24) is 5.32 Å². The minimum Gasteiger partial charge on any atom is -0.497 e. The molecule has 0 aliphatic rings. The number of benzene rings is 1. The van der Waals surface area contributed by atoms with Gasteiger partial charge in [-0.25, -0.2) is 4.79 Å². The van der Waals surface area contributed by atoms with Crippen LogP contribution in [0.2, 0.25) is 0 Å². The standard InChI is InChI=1S/C15H21NO5/c1-15(2,3)16-13(17)9-21-14(18)11-8-10(19-4)6-7-12(11)20-5/h6-8H,9H2,1-5H3,(H,16,17). The van der Waals surface area contributed by atoms with E-state index >= 15 is 0 Å². The van der Waals surface area contributed by atoms with Gasteiger partial charge in [0, 0.05) is 5.54 Å². The van der Waals surface area contributed by atoms with E-state index in [-0.39, 0.29) is 23.6 Å². The van der Waals surface area contributed by atoms with Crippen LogP contribution in [-0.2, 0) is 9.53 Å². The van der Waals surface area contributed by atoms with Gasteiger partial charge in [0.05, 0.1) is 14.2 Å². The third-order valence-corrected chi connectivity index (χ3v) is 2.48. The van der Waals surface area contributed by atoms with Crippen LogP contribution in [0.5, 0.6) is 11.5 Å². The average Bonchev–Trinajstić information content (AvgIpc) is 2.42. The smallest absolute Gasteiger partial charge is 0.342 e. The maximum Gasteiger partial charge on any atom is 0.342 e. The molecule has 0 saturated carbocycles. The maximum absolute atomic E-state index is 12.0. The summed E-state index contributed by atoms with van der Waals surface area (Å²) in [6.07, 6.45) is 0. The Bertz CT molecular complexity index is 519. The molecule has 0 aliphatic heterocycles. The number of carbonyl (C=O) groups excluding carboxylic acids is 2. The Balaban J connectivity index is 2.73. The van der Waals surface area contributed by atoms with E-state index in [1.54, 1.807) is 12.1 Å². The quantitative estimate of drug-likeness (QED) is 0.838. The maximum atomic E-state index is 12.0. The summed E-state index contributed by atoms with van der Waals surface area (Å²) < 4.78 is 15.1. The number of hydrogen-bond acceptors (Lipinski definition) is 5. The fourth-order valence-electron chi connectivity index (χ4n) is 1.64. The molecule has 1 N–H and O–H groups in total. The molecule has 0 unspecified atom stereocenters. The first-order valence-electron chi connectivity index (χ1n) is 6.47. The molecule has 6 nitrogen and oxygen atoms in total. The molecule has 1 aromatic carbocycles. The molecule has 116 valence electrons. The highest BCUT2D eigenvalue weighted by Gasteiger charge is 2.18. The van der Waals surface area contributed by atoms with Gasteiger partial charge in [-0.05, 0) is 39.0 Å². The summed E-state index contributed by atoms with van der Waals surface area (Å²) in [5.41, 5.74) is -0.169. The zero-order valence-corrected chi connectivity index (χ0v) is 13.0.